The Balaban J connectivity index is 1.77. The highest BCUT2D eigenvalue weighted by Gasteiger charge is 2.12. The minimum atomic E-state index is -0.455. The Labute approximate surface area is 128 Å². The zero-order chi connectivity index (χ0) is 14.8. The maximum atomic E-state index is 10.7. The van der Waals surface area contributed by atoms with Crippen molar-refractivity contribution in [3.8, 4) is 5.75 Å². The molecule has 0 aliphatic rings. The van der Waals surface area contributed by atoms with E-state index in [4.69, 9.17) is 16.3 Å². The predicted molar refractivity (Wildman–Crippen MR) is 80.1 cm³/mol. The van der Waals surface area contributed by atoms with Crippen LogP contribution >= 0.6 is 22.9 Å². The lowest BCUT2D eigenvalue weighted by Crippen LogP contribution is -1.99. The van der Waals surface area contributed by atoms with Gasteiger partial charge in [-0.1, -0.05) is 0 Å². The molecule has 0 spiro atoms. The van der Waals surface area contributed by atoms with Gasteiger partial charge in [0.1, 0.15) is 12.4 Å². The second-order valence-corrected chi connectivity index (χ2v) is 5.44. The topological polar surface area (TPSA) is 69.7 Å². The molecule has 0 saturated carbocycles. The fraction of sp³-hybridized carbons (Fsp3) is 0.154. The summed E-state index contributed by atoms with van der Waals surface area (Å²) in [6.07, 6.45) is 3.81. The van der Waals surface area contributed by atoms with E-state index < -0.39 is 4.92 Å². The number of rotatable bonds is 5. The van der Waals surface area contributed by atoms with Gasteiger partial charge in [-0.2, -0.15) is 0 Å². The minimum Gasteiger partial charge on any atom is -0.487 e. The first-order valence-corrected chi connectivity index (χ1v) is 7.46. The van der Waals surface area contributed by atoms with Gasteiger partial charge in [-0.3, -0.25) is 14.5 Å². The molecule has 6 nitrogen and oxygen atoms in total. The average Bonchev–Trinajstić information content (AvgIpc) is 3.05. The largest absolute Gasteiger partial charge is 0.487 e. The van der Waals surface area contributed by atoms with E-state index in [-0.39, 0.29) is 18.2 Å². The van der Waals surface area contributed by atoms with Crippen LogP contribution in [0.1, 0.15) is 11.3 Å². The molecule has 0 radical (unpaired) electrons. The average molecular weight is 324 g/mol. The molecule has 3 aromatic rings. The van der Waals surface area contributed by atoms with Gasteiger partial charge in [0.05, 0.1) is 16.5 Å². The molecular weight excluding hydrogens is 314 g/mol. The summed E-state index contributed by atoms with van der Waals surface area (Å²) in [6, 6.07) is 4.39. The van der Waals surface area contributed by atoms with Crippen molar-refractivity contribution in [1.29, 1.82) is 0 Å². The molecule has 108 valence electrons. The van der Waals surface area contributed by atoms with Gasteiger partial charge >= 0.3 is 0 Å². The molecule has 21 heavy (non-hydrogen) atoms. The van der Waals surface area contributed by atoms with Crippen LogP contribution < -0.4 is 4.74 Å². The number of hydrogen-bond donors (Lipinski definition) is 0. The molecule has 1 aromatic carbocycles. The maximum absolute atomic E-state index is 10.7. The van der Waals surface area contributed by atoms with Crippen LogP contribution in [-0.4, -0.2) is 14.3 Å². The van der Waals surface area contributed by atoms with Gasteiger partial charge in [0.25, 0.3) is 5.69 Å². The van der Waals surface area contributed by atoms with Crippen LogP contribution in [0.4, 0.5) is 5.69 Å². The van der Waals surface area contributed by atoms with Gasteiger partial charge in [0, 0.05) is 35.5 Å². The van der Waals surface area contributed by atoms with Crippen LogP contribution in [0, 0.1) is 10.1 Å². The SMILES string of the molecule is O=[N+]([O-])c1ccc(OCc2cn3ccsc3n2)c(CCl)c1. The van der Waals surface area contributed by atoms with E-state index in [0.717, 1.165) is 10.7 Å². The van der Waals surface area contributed by atoms with Crippen molar-refractivity contribution in [3.05, 3.63) is 57.3 Å². The third kappa shape index (κ3) is 2.84. The first kappa shape index (κ1) is 13.8. The third-order valence-electron chi connectivity index (χ3n) is 2.92. The Morgan fingerprint density at radius 2 is 2.33 bits per heavy atom. The molecule has 0 unspecified atom stereocenters. The van der Waals surface area contributed by atoms with Crippen molar-refractivity contribution >= 4 is 33.6 Å². The molecule has 8 heteroatoms. The van der Waals surface area contributed by atoms with Crippen molar-refractivity contribution in [2.24, 2.45) is 0 Å². The second-order valence-electron chi connectivity index (χ2n) is 4.30. The number of halogens is 1. The summed E-state index contributed by atoms with van der Waals surface area (Å²) in [7, 11) is 0. The number of benzene rings is 1. The number of ether oxygens (including phenoxy) is 1. The Bertz CT molecular complexity index is 770. The van der Waals surface area contributed by atoms with Crippen LogP contribution in [0.15, 0.2) is 36.0 Å². The summed E-state index contributed by atoms with van der Waals surface area (Å²) in [5.74, 6) is 0.682. The summed E-state index contributed by atoms with van der Waals surface area (Å²) in [5.41, 5.74) is 1.38. The van der Waals surface area contributed by atoms with Crippen molar-refractivity contribution in [1.82, 2.24) is 9.38 Å². The highest BCUT2D eigenvalue weighted by Crippen LogP contribution is 2.26. The smallest absolute Gasteiger partial charge is 0.270 e. The van der Waals surface area contributed by atoms with E-state index >= 15 is 0 Å². The number of thiazole rings is 1. The summed E-state index contributed by atoms with van der Waals surface area (Å²) in [4.78, 5) is 15.6. The first-order valence-electron chi connectivity index (χ1n) is 6.04. The molecule has 2 heterocycles. The standard InChI is InChI=1S/C13H10ClN3O3S/c14-6-9-5-11(17(18)19)1-2-12(9)20-8-10-7-16-3-4-21-13(16)15-10/h1-5,7H,6,8H2. The normalized spacial score (nSPS) is 10.9. The molecule has 0 aliphatic carbocycles. The van der Waals surface area contributed by atoms with Crippen LogP contribution in [0.25, 0.3) is 4.96 Å². The lowest BCUT2D eigenvalue weighted by Gasteiger charge is -2.08. The Kier molecular flexibility index (Phi) is 3.76. The van der Waals surface area contributed by atoms with Crippen LogP contribution in [0.3, 0.4) is 0 Å². The van der Waals surface area contributed by atoms with E-state index in [9.17, 15) is 10.1 Å². The Hall–Kier alpha value is -2.12. The Morgan fingerprint density at radius 1 is 1.48 bits per heavy atom. The van der Waals surface area contributed by atoms with E-state index in [1.54, 1.807) is 17.4 Å². The summed E-state index contributed by atoms with van der Waals surface area (Å²) in [6.45, 7) is 0.288. The molecule has 0 saturated heterocycles. The van der Waals surface area contributed by atoms with Crippen molar-refractivity contribution < 1.29 is 9.66 Å². The van der Waals surface area contributed by atoms with Crippen molar-refractivity contribution in [2.45, 2.75) is 12.5 Å². The van der Waals surface area contributed by atoms with Crippen LogP contribution in [-0.2, 0) is 12.5 Å². The number of alkyl halides is 1. The minimum absolute atomic E-state index is 0.000468. The zero-order valence-corrected chi connectivity index (χ0v) is 12.3. The number of imidazole rings is 1. The fourth-order valence-corrected chi connectivity index (χ4v) is 2.85. The number of nitro groups is 1. The molecule has 0 fully saturated rings. The number of fused-ring (bicyclic) bond motifs is 1. The molecule has 0 bridgehead atoms. The second kappa shape index (κ2) is 5.71. The third-order valence-corrected chi connectivity index (χ3v) is 3.98. The zero-order valence-electron chi connectivity index (χ0n) is 10.7. The van der Waals surface area contributed by atoms with E-state index in [1.807, 2.05) is 22.2 Å². The molecular formula is C13H10ClN3O3S. The molecule has 0 atom stereocenters. The molecule has 0 N–H and O–H groups in total. The highest BCUT2D eigenvalue weighted by molar-refractivity contribution is 7.15. The van der Waals surface area contributed by atoms with Gasteiger partial charge < -0.3 is 4.74 Å². The number of nitro benzene ring substituents is 1. The number of nitrogens with zero attached hydrogens (tertiary/aromatic N) is 3. The Morgan fingerprint density at radius 3 is 3.05 bits per heavy atom. The molecule has 0 aliphatic heterocycles. The van der Waals surface area contributed by atoms with Gasteiger partial charge in [0.2, 0.25) is 0 Å². The molecule has 3 rings (SSSR count). The highest BCUT2D eigenvalue weighted by atomic mass is 35.5. The van der Waals surface area contributed by atoms with Crippen molar-refractivity contribution in [2.75, 3.05) is 0 Å². The fourth-order valence-electron chi connectivity index (χ4n) is 1.92. The quantitative estimate of drug-likeness (QED) is 0.408. The summed E-state index contributed by atoms with van der Waals surface area (Å²) >= 11 is 7.36. The monoisotopic (exact) mass is 323 g/mol. The van der Waals surface area contributed by atoms with Gasteiger partial charge in [0.15, 0.2) is 4.96 Å². The van der Waals surface area contributed by atoms with Crippen LogP contribution in [0.2, 0.25) is 0 Å². The van der Waals surface area contributed by atoms with Crippen molar-refractivity contribution in [3.63, 3.8) is 0 Å². The van der Waals surface area contributed by atoms with Crippen LogP contribution in [0.5, 0.6) is 5.75 Å². The number of aromatic nitrogens is 2. The maximum Gasteiger partial charge on any atom is 0.270 e. The summed E-state index contributed by atoms with van der Waals surface area (Å²) < 4.78 is 7.59. The van der Waals surface area contributed by atoms with Gasteiger partial charge in [-0.25, -0.2) is 4.98 Å². The summed E-state index contributed by atoms with van der Waals surface area (Å²) in [5, 5.41) is 12.7. The lowest BCUT2D eigenvalue weighted by atomic mass is 10.2. The molecule has 0 amide bonds. The van der Waals surface area contributed by atoms with E-state index in [0.29, 0.717) is 11.3 Å². The van der Waals surface area contributed by atoms with Gasteiger partial charge in [-0.05, 0) is 6.07 Å². The first-order chi connectivity index (χ1) is 10.2. The molecule has 2 aromatic heterocycles. The van der Waals surface area contributed by atoms with E-state index in [2.05, 4.69) is 4.98 Å². The van der Waals surface area contributed by atoms with E-state index in [1.165, 1.54) is 12.1 Å². The predicted octanol–water partition coefficient (Wildman–Crippen LogP) is 3.62. The lowest BCUT2D eigenvalue weighted by molar-refractivity contribution is -0.384. The van der Waals surface area contributed by atoms with Gasteiger partial charge in [-0.15, -0.1) is 22.9 Å². The number of non-ortho nitro benzene ring substituents is 1. The number of hydrogen-bond acceptors (Lipinski definition) is 5.